The van der Waals surface area contributed by atoms with Gasteiger partial charge in [0.05, 0.1) is 7.11 Å². The number of rotatable bonds is 3. The minimum Gasteiger partial charge on any atom is -0.468 e. The number of hydrogen-bond donors (Lipinski definition) is 1. The zero-order chi connectivity index (χ0) is 13.1. The molecule has 1 aromatic heterocycles. The van der Waals surface area contributed by atoms with E-state index >= 15 is 0 Å². The first-order valence-corrected chi connectivity index (χ1v) is 7.53. The molecular weight excluding hydrogens is 316 g/mol. The highest BCUT2D eigenvalue weighted by molar-refractivity contribution is 9.10. The van der Waals surface area contributed by atoms with E-state index in [4.69, 9.17) is 4.74 Å². The molecule has 100 valence electrons. The molecule has 6 heteroatoms. The highest BCUT2D eigenvalue weighted by Gasteiger charge is 2.31. The van der Waals surface area contributed by atoms with Crippen molar-refractivity contribution in [3.05, 3.63) is 20.3 Å². The lowest BCUT2D eigenvalue weighted by molar-refractivity contribution is -0.147. The second-order valence-electron chi connectivity index (χ2n) is 4.26. The van der Waals surface area contributed by atoms with Crippen molar-refractivity contribution < 1.29 is 9.53 Å². The van der Waals surface area contributed by atoms with Crippen LogP contribution in [-0.2, 0) is 9.53 Å². The van der Waals surface area contributed by atoms with Crippen LogP contribution < -0.4 is 5.32 Å². The molecule has 1 unspecified atom stereocenters. The van der Waals surface area contributed by atoms with E-state index in [0.29, 0.717) is 0 Å². The normalized spacial score (nSPS) is 18.6. The van der Waals surface area contributed by atoms with Crippen LogP contribution in [0.15, 0.2) is 10.5 Å². The van der Waals surface area contributed by atoms with E-state index in [2.05, 4.69) is 26.1 Å². The summed E-state index contributed by atoms with van der Waals surface area (Å²) in [5.74, 6) is -0.175. The van der Waals surface area contributed by atoms with Crippen molar-refractivity contribution in [2.75, 3.05) is 33.3 Å². The van der Waals surface area contributed by atoms with Gasteiger partial charge in [-0.1, -0.05) is 0 Å². The summed E-state index contributed by atoms with van der Waals surface area (Å²) < 4.78 is 6.02. The van der Waals surface area contributed by atoms with Crippen LogP contribution >= 0.6 is 27.3 Å². The van der Waals surface area contributed by atoms with Gasteiger partial charge < -0.3 is 10.1 Å². The van der Waals surface area contributed by atoms with Gasteiger partial charge in [-0.15, -0.1) is 11.3 Å². The quantitative estimate of drug-likeness (QED) is 0.859. The highest BCUT2D eigenvalue weighted by atomic mass is 79.9. The maximum absolute atomic E-state index is 12.0. The van der Waals surface area contributed by atoms with Crippen LogP contribution in [0, 0.1) is 6.92 Å². The minimum absolute atomic E-state index is 0.175. The van der Waals surface area contributed by atoms with Crippen molar-refractivity contribution in [3.8, 4) is 0 Å². The Morgan fingerprint density at radius 3 is 2.72 bits per heavy atom. The van der Waals surface area contributed by atoms with Crippen LogP contribution in [0.25, 0.3) is 0 Å². The van der Waals surface area contributed by atoms with Crippen molar-refractivity contribution in [1.29, 1.82) is 0 Å². The number of aryl methyl sites for hydroxylation is 1. The van der Waals surface area contributed by atoms with Crippen LogP contribution in [0.5, 0.6) is 0 Å². The molecule has 1 fully saturated rings. The number of nitrogens with zero attached hydrogens (tertiary/aromatic N) is 1. The molecule has 2 rings (SSSR count). The van der Waals surface area contributed by atoms with Gasteiger partial charge in [0.15, 0.2) is 0 Å². The molecular formula is C12H17BrN2O2S. The summed E-state index contributed by atoms with van der Waals surface area (Å²) in [5.41, 5.74) is 0. The van der Waals surface area contributed by atoms with E-state index < -0.39 is 0 Å². The first kappa shape index (κ1) is 14.0. The second kappa shape index (κ2) is 6.14. The van der Waals surface area contributed by atoms with Gasteiger partial charge >= 0.3 is 5.97 Å². The number of esters is 1. The molecule has 1 aromatic rings. The van der Waals surface area contributed by atoms with Crippen LogP contribution in [0.2, 0.25) is 0 Å². The molecule has 1 saturated heterocycles. The summed E-state index contributed by atoms with van der Waals surface area (Å²) in [4.78, 5) is 16.5. The Kier molecular flexibility index (Phi) is 4.77. The monoisotopic (exact) mass is 332 g/mol. The molecule has 0 amide bonds. The van der Waals surface area contributed by atoms with E-state index in [1.807, 2.05) is 13.0 Å². The van der Waals surface area contributed by atoms with E-state index in [1.54, 1.807) is 11.3 Å². The first-order valence-electron chi connectivity index (χ1n) is 5.92. The van der Waals surface area contributed by atoms with Gasteiger partial charge in [-0.25, -0.2) is 4.79 Å². The average molecular weight is 333 g/mol. The fraction of sp³-hybridized carbons (Fsp3) is 0.583. The largest absolute Gasteiger partial charge is 0.468 e. The zero-order valence-corrected chi connectivity index (χ0v) is 12.9. The smallest absolute Gasteiger partial charge is 0.328 e. The predicted octanol–water partition coefficient (Wildman–Crippen LogP) is 1.94. The third-order valence-electron chi connectivity index (χ3n) is 3.09. The van der Waals surface area contributed by atoms with Gasteiger partial charge in [0.1, 0.15) is 6.04 Å². The summed E-state index contributed by atoms with van der Waals surface area (Å²) in [7, 11) is 1.45. The second-order valence-corrected chi connectivity index (χ2v) is 6.41. The molecule has 2 heterocycles. The summed E-state index contributed by atoms with van der Waals surface area (Å²) in [6.07, 6.45) is 0. The number of piperazine rings is 1. The Morgan fingerprint density at radius 1 is 1.56 bits per heavy atom. The van der Waals surface area contributed by atoms with Crippen molar-refractivity contribution in [2.24, 2.45) is 0 Å². The number of carbonyl (C=O) groups excluding carboxylic acids is 1. The maximum Gasteiger partial charge on any atom is 0.328 e. The molecule has 0 aromatic carbocycles. The summed E-state index contributed by atoms with van der Waals surface area (Å²) in [6, 6.07) is 1.76. The predicted molar refractivity (Wildman–Crippen MR) is 76.0 cm³/mol. The van der Waals surface area contributed by atoms with E-state index in [9.17, 15) is 4.79 Å². The number of ether oxygens (including phenoxy) is 1. The number of nitrogens with one attached hydrogen (secondary N) is 1. The van der Waals surface area contributed by atoms with Crippen molar-refractivity contribution in [3.63, 3.8) is 0 Å². The number of halogens is 1. The standard InChI is InChI=1S/C12H17BrN2O2S/c1-8-9(13)7-10(18-8)11(12(16)17-2)15-5-3-14-4-6-15/h7,11,14H,3-6H2,1-2H3. The van der Waals surface area contributed by atoms with E-state index in [1.165, 1.54) is 12.0 Å². The van der Waals surface area contributed by atoms with E-state index in [-0.39, 0.29) is 12.0 Å². The summed E-state index contributed by atoms with van der Waals surface area (Å²) >= 11 is 5.16. The number of carbonyl (C=O) groups is 1. The van der Waals surface area contributed by atoms with Gasteiger partial charge in [0.25, 0.3) is 0 Å². The SMILES string of the molecule is COC(=O)C(c1cc(Br)c(C)s1)N1CCNCC1. The number of thiophene rings is 1. The topological polar surface area (TPSA) is 41.6 Å². The minimum atomic E-state index is -0.271. The maximum atomic E-state index is 12.0. The first-order chi connectivity index (χ1) is 8.63. The molecule has 0 aliphatic carbocycles. The number of hydrogen-bond acceptors (Lipinski definition) is 5. The lowest BCUT2D eigenvalue weighted by Gasteiger charge is -2.32. The molecule has 18 heavy (non-hydrogen) atoms. The van der Waals surface area contributed by atoms with Gasteiger partial charge in [-0.2, -0.15) is 0 Å². The fourth-order valence-electron chi connectivity index (χ4n) is 2.11. The number of methoxy groups -OCH3 is 1. The van der Waals surface area contributed by atoms with Gasteiger partial charge in [-0.05, 0) is 28.9 Å². The lowest BCUT2D eigenvalue weighted by Crippen LogP contribution is -2.47. The summed E-state index contributed by atoms with van der Waals surface area (Å²) in [6.45, 7) is 5.62. The Morgan fingerprint density at radius 2 is 2.22 bits per heavy atom. The lowest BCUT2D eigenvalue weighted by atomic mass is 10.2. The molecule has 4 nitrogen and oxygen atoms in total. The molecule has 0 saturated carbocycles. The molecule has 0 bridgehead atoms. The van der Waals surface area contributed by atoms with Crippen LogP contribution in [0.3, 0.4) is 0 Å². The average Bonchev–Trinajstić information content (AvgIpc) is 2.70. The molecule has 1 aliphatic rings. The molecule has 1 N–H and O–H groups in total. The Hall–Kier alpha value is -0.430. The Labute approximate surface area is 119 Å². The highest BCUT2D eigenvalue weighted by Crippen LogP contribution is 2.34. The van der Waals surface area contributed by atoms with Crippen LogP contribution in [0.4, 0.5) is 0 Å². The van der Waals surface area contributed by atoms with Gasteiger partial charge in [0, 0.05) is 40.4 Å². The van der Waals surface area contributed by atoms with Crippen molar-refractivity contribution >= 4 is 33.2 Å². The van der Waals surface area contributed by atoms with Crippen molar-refractivity contribution in [2.45, 2.75) is 13.0 Å². The van der Waals surface area contributed by atoms with E-state index in [0.717, 1.165) is 35.5 Å². The molecule has 0 spiro atoms. The van der Waals surface area contributed by atoms with Crippen LogP contribution in [0.1, 0.15) is 15.8 Å². The summed E-state index contributed by atoms with van der Waals surface area (Å²) in [5, 5.41) is 3.29. The third-order valence-corrected chi connectivity index (χ3v) is 5.28. The van der Waals surface area contributed by atoms with Crippen LogP contribution in [-0.4, -0.2) is 44.2 Å². The molecule has 1 atom stereocenters. The fourth-order valence-corrected chi connectivity index (χ4v) is 3.80. The third kappa shape index (κ3) is 2.93. The zero-order valence-electron chi connectivity index (χ0n) is 10.5. The van der Waals surface area contributed by atoms with Crippen molar-refractivity contribution in [1.82, 2.24) is 10.2 Å². The Bertz CT molecular complexity index is 410. The molecule has 1 aliphatic heterocycles. The van der Waals surface area contributed by atoms with Gasteiger partial charge in [-0.3, -0.25) is 4.90 Å². The Balaban J connectivity index is 2.26. The van der Waals surface area contributed by atoms with Gasteiger partial charge in [0.2, 0.25) is 0 Å². The molecule has 0 radical (unpaired) electrons.